The predicted molar refractivity (Wildman–Crippen MR) is 75.5 cm³/mol. The van der Waals surface area contributed by atoms with Gasteiger partial charge in [0, 0.05) is 5.54 Å². The summed E-state index contributed by atoms with van der Waals surface area (Å²) in [6.45, 7) is 5.23. The van der Waals surface area contributed by atoms with Gasteiger partial charge in [-0.15, -0.1) is 0 Å². The van der Waals surface area contributed by atoms with Gasteiger partial charge in [0.25, 0.3) is 0 Å². The number of hydrogen-bond donors (Lipinski definition) is 2. The number of esters is 1. The fraction of sp³-hybridized carbons (Fsp3) is 0.462. The average molecular weight is 300 g/mol. The molecular formula is C13H20N2O4S. The Morgan fingerprint density at radius 2 is 1.95 bits per heavy atom. The Bertz CT molecular complexity index is 591. The van der Waals surface area contributed by atoms with Crippen LogP contribution in [0.25, 0.3) is 0 Å². The van der Waals surface area contributed by atoms with Crippen molar-refractivity contribution in [3.63, 3.8) is 0 Å². The standard InChI is InChI=1S/C13H20N2O4S/c1-13(2,3)15-20(17,18)10-7-5-6-9(8-10)11(14)12(16)19-4/h5-8,11,15H,14H2,1-4H3. The molecule has 6 nitrogen and oxygen atoms in total. The number of sulfonamides is 1. The van der Waals surface area contributed by atoms with Crippen molar-refractivity contribution in [2.24, 2.45) is 5.73 Å². The van der Waals surface area contributed by atoms with Crippen molar-refractivity contribution >= 4 is 16.0 Å². The largest absolute Gasteiger partial charge is 0.468 e. The Morgan fingerprint density at radius 1 is 1.35 bits per heavy atom. The van der Waals surface area contributed by atoms with Crippen molar-refractivity contribution in [2.45, 2.75) is 37.2 Å². The molecule has 0 amide bonds. The average Bonchev–Trinajstić information content (AvgIpc) is 2.34. The summed E-state index contributed by atoms with van der Waals surface area (Å²) in [5.74, 6) is -0.622. The Kier molecular flexibility index (Phi) is 4.90. The van der Waals surface area contributed by atoms with E-state index in [-0.39, 0.29) is 4.90 Å². The van der Waals surface area contributed by atoms with Crippen LogP contribution in [0.1, 0.15) is 32.4 Å². The smallest absolute Gasteiger partial charge is 0.327 e. The SMILES string of the molecule is COC(=O)C(N)c1cccc(S(=O)(=O)NC(C)(C)C)c1. The second-order valence-electron chi connectivity index (χ2n) is 5.43. The van der Waals surface area contributed by atoms with Crippen LogP contribution in [-0.4, -0.2) is 27.0 Å². The molecule has 3 N–H and O–H groups in total. The van der Waals surface area contributed by atoms with E-state index in [4.69, 9.17) is 5.73 Å². The second-order valence-corrected chi connectivity index (χ2v) is 7.11. The van der Waals surface area contributed by atoms with Crippen LogP contribution >= 0.6 is 0 Å². The molecular weight excluding hydrogens is 280 g/mol. The maximum absolute atomic E-state index is 12.2. The second kappa shape index (κ2) is 5.90. The van der Waals surface area contributed by atoms with Crippen LogP contribution in [0.15, 0.2) is 29.2 Å². The Balaban J connectivity index is 3.14. The summed E-state index contributed by atoms with van der Waals surface area (Å²) in [5.41, 5.74) is 5.48. The number of carbonyl (C=O) groups excluding carboxylic acids is 1. The number of hydrogen-bond acceptors (Lipinski definition) is 5. The molecule has 20 heavy (non-hydrogen) atoms. The topological polar surface area (TPSA) is 98.5 Å². The van der Waals surface area contributed by atoms with Gasteiger partial charge in [-0.2, -0.15) is 0 Å². The summed E-state index contributed by atoms with van der Waals surface area (Å²) in [7, 11) is -2.44. The lowest BCUT2D eigenvalue weighted by Gasteiger charge is -2.20. The van der Waals surface area contributed by atoms with Gasteiger partial charge in [-0.3, -0.25) is 4.79 Å². The first-order chi connectivity index (χ1) is 9.07. The molecule has 0 fully saturated rings. The summed E-state index contributed by atoms with van der Waals surface area (Å²) in [5, 5.41) is 0. The first kappa shape index (κ1) is 16.6. The van der Waals surface area contributed by atoms with E-state index in [0.29, 0.717) is 5.56 Å². The quantitative estimate of drug-likeness (QED) is 0.806. The van der Waals surface area contributed by atoms with E-state index in [2.05, 4.69) is 9.46 Å². The molecule has 0 saturated carbocycles. The van der Waals surface area contributed by atoms with Gasteiger partial charge in [0.05, 0.1) is 12.0 Å². The molecule has 0 spiro atoms. The number of nitrogens with two attached hydrogens (primary N) is 1. The fourth-order valence-electron chi connectivity index (χ4n) is 1.60. The summed E-state index contributed by atoms with van der Waals surface area (Å²) in [6, 6.07) is 4.93. The molecule has 0 aliphatic rings. The van der Waals surface area contributed by atoms with E-state index in [1.807, 2.05) is 0 Å². The van der Waals surface area contributed by atoms with E-state index in [9.17, 15) is 13.2 Å². The number of benzene rings is 1. The molecule has 0 aliphatic carbocycles. The lowest BCUT2D eigenvalue weighted by molar-refractivity contribution is -0.142. The van der Waals surface area contributed by atoms with Gasteiger partial charge in [0.15, 0.2) is 0 Å². The van der Waals surface area contributed by atoms with Crippen LogP contribution in [0.4, 0.5) is 0 Å². The minimum absolute atomic E-state index is 0.0595. The highest BCUT2D eigenvalue weighted by molar-refractivity contribution is 7.89. The summed E-state index contributed by atoms with van der Waals surface area (Å²) in [6.07, 6.45) is 0. The first-order valence-corrected chi connectivity index (χ1v) is 7.52. The van der Waals surface area contributed by atoms with Gasteiger partial charge in [0.2, 0.25) is 10.0 Å². The van der Waals surface area contributed by atoms with Crippen LogP contribution < -0.4 is 10.5 Å². The lowest BCUT2D eigenvalue weighted by atomic mass is 10.1. The lowest BCUT2D eigenvalue weighted by Crippen LogP contribution is -2.40. The van der Waals surface area contributed by atoms with Gasteiger partial charge in [-0.25, -0.2) is 13.1 Å². The van der Waals surface area contributed by atoms with E-state index >= 15 is 0 Å². The number of rotatable bonds is 4. The van der Waals surface area contributed by atoms with Crippen molar-refractivity contribution in [3.8, 4) is 0 Å². The molecule has 7 heteroatoms. The molecule has 1 aromatic rings. The van der Waals surface area contributed by atoms with E-state index in [1.165, 1.54) is 25.3 Å². The highest BCUT2D eigenvalue weighted by atomic mass is 32.2. The monoisotopic (exact) mass is 300 g/mol. The maximum atomic E-state index is 12.2. The Morgan fingerprint density at radius 3 is 2.45 bits per heavy atom. The van der Waals surface area contributed by atoms with Crippen LogP contribution in [0.3, 0.4) is 0 Å². The first-order valence-electron chi connectivity index (χ1n) is 6.04. The molecule has 0 aliphatic heterocycles. The van der Waals surface area contributed by atoms with Crippen molar-refractivity contribution in [1.82, 2.24) is 4.72 Å². The number of nitrogens with one attached hydrogen (secondary N) is 1. The minimum atomic E-state index is -3.66. The van der Waals surface area contributed by atoms with Gasteiger partial charge in [0.1, 0.15) is 6.04 Å². The van der Waals surface area contributed by atoms with Crippen LogP contribution in [-0.2, 0) is 19.6 Å². The molecule has 0 bridgehead atoms. The zero-order valence-electron chi connectivity index (χ0n) is 12.0. The van der Waals surface area contributed by atoms with Gasteiger partial charge >= 0.3 is 5.97 Å². The van der Waals surface area contributed by atoms with E-state index < -0.39 is 27.6 Å². The highest BCUT2D eigenvalue weighted by Crippen LogP contribution is 2.18. The normalized spacial score (nSPS) is 13.8. The number of methoxy groups -OCH3 is 1. The van der Waals surface area contributed by atoms with E-state index in [1.54, 1.807) is 26.8 Å². The highest BCUT2D eigenvalue weighted by Gasteiger charge is 2.24. The van der Waals surface area contributed by atoms with Gasteiger partial charge in [-0.05, 0) is 38.5 Å². The summed E-state index contributed by atoms with van der Waals surface area (Å²) >= 11 is 0. The summed E-state index contributed by atoms with van der Waals surface area (Å²) in [4.78, 5) is 11.4. The van der Waals surface area contributed by atoms with Gasteiger partial charge < -0.3 is 10.5 Å². The Hall–Kier alpha value is -1.44. The molecule has 112 valence electrons. The van der Waals surface area contributed by atoms with Crippen LogP contribution in [0.5, 0.6) is 0 Å². The molecule has 0 aromatic heterocycles. The molecule has 0 heterocycles. The molecule has 1 unspecified atom stereocenters. The van der Waals surface area contributed by atoms with Crippen LogP contribution in [0, 0.1) is 0 Å². The third-order valence-corrected chi connectivity index (χ3v) is 4.18. The molecule has 0 saturated heterocycles. The zero-order valence-corrected chi connectivity index (χ0v) is 12.8. The van der Waals surface area contributed by atoms with Crippen molar-refractivity contribution in [3.05, 3.63) is 29.8 Å². The van der Waals surface area contributed by atoms with Crippen molar-refractivity contribution < 1.29 is 17.9 Å². The summed E-state index contributed by atoms with van der Waals surface area (Å²) < 4.78 is 31.5. The van der Waals surface area contributed by atoms with Crippen LogP contribution in [0.2, 0.25) is 0 Å². The fourth-order valence-corrected chi connectivity index (χ4v) is 3.07. The van der Waals surface area contributed by atoms with Crippen molar-refractivity contribution in [1.29, 1.82) is 0 Å². The van der Waals surface area contributed by atoms with E-state index in [0.717, 1.165) is 0 Å². The third kappa shape index (κ3) is 4.29. The minimum Gasteiger partial charge on any atom is -0.468 e. The molecule has 1 aromatic carbocycles. The molecule has 1 rings (SSSR count). The maximum Gasteiger partial charge on any atom is 0.327 e. The number of carbonyl (C=O) groups is 1. The Labute approximate surface area is 119 Å². The number of ether oxygens (including phenoxy) is 1. The predicted octanol–water partition coefficient (Wildman–Crippen LogP) is 0.936. The van der Waals surface area contributed by atoms with Gasteiger partial charge in [-0.1, -0.05) is 12.1 Å². The molecule has 0 radical (unpaired) electrons. The zero-order chi connectivity index (χ0) is 15.6. The van der Waals surface area contributed by atoms with Crippen molar-refractivity contribution in [2.75, 3.05) is 7.11 Å². The third-order valence-electron chi connectivity index (χ3n) is 2.42. The molecule has 1 atom stereocenters.